The van der Waals surface area contributed by atoms with Crippen LogP contribution in [0.4, 0.5) is 0 Å². The molecular weight excluding hydrogens is 518 g/mol. The first-order valence-corrected chi connectivity index (χ1v) is 16.2. The zero-order valence-corrected chi connectivity index (χ0v) is 25.7. The molecule has 0 radical (unpaired) electrons. The van der Waals surface area contributed by atoms with Crippen LogP contribution in [-0.2, 0) is 6.42 Å². The van der Waals surface area contributed by atoms with E-state index in [-0.39, 0.29) is 0 Å². The fourth-order valence-electron chi connectivity index (χ4n) is 7.68. The SMILES string of the molecule is C/C=C\C(=C1\C=CCC(C2CCCC=N2)C1C)c1c2ccccc2c(-c2ccc3cc(CC)ccc3c2)c2ccccc12. The largest absolute Gasteiger partial charge is 0.294 e. The van der Waals surface area contributed by atoms with Gasteiger partial charge in [0.15, 0.2) is 0 Å². The van der Waals surface area contributed by atoms with E-state index in [1.807, 2.05) is 0 Å². The van der Waals surface area contributed by atoms with Crippen molar-refractivity contribution in [2.45, 2.75) is 58.9 Å². The van der Waals surface area contributed by atoms with E-state index in [1.165, 1.54) is 78.6 Å². The molecule has 5 aromatic rings. The van der Waals surface area contributed by atoms with E-state index in [0.717, 1.165) is 19.3 Å². The van der Waals surface area contributed by atoms with Gasteiger partial charge in [-0.1, -0.05) is 117 Å². The summed E-state index contributed by atoms with van der Waals surface area (Å²) in [6.45, 7) is 6.81. The molecule has 0 spiro atoms. The van der Waals surface area contributed by atoms with Gasteiger partial charge in [0.2, 0.25) is 0 Å². The average Bonchev–Trinajstić information content (AvgIpc) is 3.06. The van der Waals surface area contributed by atoms with Crippen LogP contribution in [0, 0.1) is 11.8 Å². The van der Waals surface area contributed by atoms with E-state index in [2.05, 4.69) is 136 Å². The Balaban J connectivity index is 1.49. The molecule has 3 unspecified atom stereocenters. The topological polar surface area (TPSA) is 12.4 Å². The van der Waals surface area contributed by atoms with E-state index in [9.17, 15) is 0 Å². The van der Waals surface area contributed by atoms with Gasteiger partial charge in [-0.05, 0) is 129 Å². The van der Waals surface area contributed by atoms with Crippen molar-refractivity contribution in [1.82, 2.24) is 0 Å². The van der Waals surface area contributed by atoms with Gasteiger partial charge in [0.25, 0.3) is 0 Å². The number of benzene rings is 5. The standard InChI is InChI=1S/C42H41N/c1-4-13-35(33-18-12-19-34(28(33)3)40-20-10-11-25-43-40)42-38-16-8-6-14-36(38)41(37-15-7-9-17-39(37)42)32-24-23-30-26-29(5-2)21-22-31(30)27-32/h4,6-9,12-18,21-28,34,40H,5,10-11,19-20H2,1-3H3/b13-4-,35-33+. The summed E-state index contributed by atoms with van der Waals surface area (Å²) in [6, 6.07) is 32.4. The first kappa shape index (κ1) is 27.6. The predicted molar refractivity (Wildman–Crippen MR) is 188 cm³/mol. The first-order valence-electron chi connectivity index (χ1n) is 16.2. The molecule has 5 aromatic carbocycles. The van der Waals surface area contributed by atoms with E-state index < -0.39 is 0 Å². The van der Waals surface area contributed by atoms with Crippen LogP contribution in [0.3, 0.4) is 0 Å². The molecule has 43 heavy (non-hydrogen) atoms. The number of fused-ring (bicyclic) bond motifs is 3. The summed E-state index contributed by atoms with van der Waals surface area (Å²) in [4.78, 5) is 4.99. The third kappa shape index (κ3) is 4.95. The molecular formula is C42H41N. The van der Waals surface area contributed by atoms with Crippen LogP contribution in [0.15, 0.2) is 120 Å². The fourth-order valence-corrected chi connectivity index (χ4v) is 7.68. The summed E-state index contributed by atoms with van der Waals surface area (Å²) in [5.74, 6) is 0.974. The van der Waals surface area contributed by atoms with Crippen molar-refractivity contribution in [2.24, 2.45) is 16.8 Å². The van der Waals surface area contributed by atoms with Crippen LogP contribution < -0.4 is 0 Å². The molecule has 2 aliphatic rings. The maximum atomic E-state index is 4.99. The van der Waals surface area contributed by atoms with Crippen LogP contribution in [0.1, 0.15) is 57.6 Å². The molecule has 0 N–H and O–H groups in total. The quantitative estimate of drug-likeness (QED) is 0.190. The molecule has 0 saturated carbocycles. The van der Waals surface area contributed by atoms with Gasteiger partial charge in [-0.25, -0.2) is 0 Å². The van der Waals surface area contributed by atoms with E-state index in [4.69, 9.17) is 4.99 Å². The number of nitrogens with zero attached hydrogens (tertiary/aromatic N) is 1. The van der Waals surface area contributed by atoms with Crippen molar-refractivity contribution >= 4 is 44.1 Å². The second-order valence-corrected chi connectivity index (χ2v) is 12.4. The molecule has 7 rings (SSSR count). The Morgan fingerprint density at radius 3 is 2.23 bits per heavy atom. The van der Waals surface area contributed by atoms with Crippen molar-refractivity contribution in [3.05, 3.63) is 126 Å². The number of aliphatic imine (C=N–C) groups is 1. The fraction of sp³-hybridized carbons (Fsp3) is 0.262. The summed E-state index contributed by atoms with van der Waals surface area (Å²) in [5, 5.41) is 7.85. The number of hydrogen-bond donors (Lipinski definition) is 0. The second-order valence-electron chi connectivity index (χ2n) is 12.4. The Morgan fingerprint density at radius 2 is 1.56 bits per heavy atom. The average molecular weight is 560 g/mol. The molecule has 214 valence electrons. The van der Waals surface area contributed by atoms with E-state index in [0.29, 0.717) is 17.9 Å². The van der Waals surface area contributed by atoms with Gasteiger partial charge in [0, 0.05) is 0 Å². The van der Waals surface area contributed by atoms with Gasteiger partial charge in [0.1, 0.15) is 0 Å². The van der Waals surface area contributed by atoms with Gasteiger partial charge in [-0.2, -0.15) is 0 Å². The second kappa shape index (κ2) is 11.8. The highest BCUT2D eigenvalue weighted by Gasteiger charge is 2.32. The number of hydrogen-bond acceptors (Lipinski definition) is 1. The summed E-state index contributed by atoms with van der Waals surface area (Å²) >= 11 is 0. The van der Waals surface area contributed by atoms with Gasteiger partial charge in [-0.15, -0.1) is 0 Å². The lowest BCUT2D eigenvalue weighted by atomic mass is 9.72. The van der Waals surface area contributed by atoms with Crippen molar-refractivity contribution < 1.29 is 0 Å². The third-order valence-corrected chi connectivity index (χ3v) is 9.91. The van der Waals surface area contributed by atoms with E-state index >= 15 is 0 Å². The Morgan fingerprint density at radius 1 is 0.860 bits per heavy atom. The van der Waals surface area contributed by atoms with Gasteiger partial charge < -0.3 is 0 Å². The molecule has 1 aliphatic heterocycles. The summed E-state index contributed by atoms with van der Waals surface area (Å²) in [7, 11) is 0. The van der Waals surface area contributed by atoms with Crippen LogP contribution >= 0.6 is 0 Å². The number of aryl methyl sites for hydroxylation is 1. The predicted octanol–water partition coefficient (Wildman–Crippen LogP) is 11.5. The Kier molecular flexibility index (Phi) is 7.58. The highest BCUT2D eigenvalue weighted by atomic mass is 14.8. The van der Waals surface area contributed by atoms with Crippen molar-refractivity contribution in [1.29, 1.82) is 0 Å². The molecule has 0 amide bonds. The maximum Gasteiger partial charge on any atom is 0.0532 e. The van der Waals surface area contributed by atoms with Crippen LogP contribution in [0.25, 0.3) is 49.0 Å². The summed E-state index contributed by atoms with van der Waals surface area (Å²) in [5.41, 5.74) is 8.12. The third-order valence-electron chi connectivity index (χ3n) is 9.91. The van der Waals surface area contributed by atoms with Crippen molar-refractivity contribution in [3.8, 4) is 11.1 Å². The molecule has 1 aliphatic carbocycles. The van der Waals surface area contributed by atoms with Crippen molar-refractivity contribution in [3.63, 3.8) is 0 Å². The minimum Gasteiger partial charge on any atom is -0.294 e. The smallest absolute Gasteiger partial charge is 0.0532 e. The van der Waals surface area contributed by atoms with Crippen LogP contribution in [0.2, 0.25) is 0 Å². The van der Waals surface area contributed by atoms with Gasteiger partial charge >= 0.3 is 0 Å². The van der Waals surface area contributed by atoms with Crippen LogP contribution in [-0.4, -0.2) is 12.3 Å². The highest BCUT2D eigenvalue weighted by Crippen LogP contribution is 2.46. The summed E-state index contributed by atoms with van der Waals surface area (Å²) < 4.78 is 0. The summed E-state index contributed by atoms with van der Waals surface area (Å²) in [6.07, 6.45) is 17.3. The van der Waals surface area contributed by atoms with Gasteiger partial charge in [0.05, 0.1) is 6.04 Å². The number of allylic oxidation sites excluding steroid dienone is 6. The molecule has 0 aromatic heterocycles. The van der Waals surface area contributed by atoms with Crippen molar-refractivity contribution in [2.75, 3.05) is 0 Å². The lowest BCUT2D eigenvalue weighted by Gasteiger charge is -2.35. The molecule has 3 atom stereocenters. The Bertz CT molecular complexity index is 1890. The van der Waals surface area contributed by atoms with E-state index in [1.54, 1.807) is 0 Å². The lowest BCUT2D eigenvalue weighted by molar-refractivity contribution is 0.313. The molecule has 0 fully saturated rings. The zero-order valence-electron chi connectivity index (χ0n) is 25.7. The zero-order chi connectivity index (χ0) is 29.3. The Labute approximate surface area is 256 Å². The molecule has 0 bridgehead atoms. The number of rotatable bonds is 5. The molecule has 1 heterocycles. The van der Waals surface area contributed by atoms with Crippen LogP contribution in [0.5, 0.6) is 0 Å². The normalized spacial score (nSPS) is 21.8. The molecule has 1 heteroatoms. The van der Waals surface area contributed by atoms with Gasteiger partial charge in [-0.3, -0.25) is 4.99 Å². The minimum absolute atomic E-state index is 0.424. The maximum absolute atomic E-state index is 4.99. The first-order chi connectivity index (χ1) is 21.2. The molecule has 1 nitrogen and oxygen atoms in total. The highest BCUT2D eigenvalue weighted by molar-refractivity contribution is 6.20. The Hall–Kier alpha value is -4.23. The molecule has 0 saturated heterocycles. The minimum atomic E-state index is 0.424. The monoisotopic (exact) mass is 559 g/mol. The lowest BCUT2D eigenvalue weighted by Crippen LogP contribution is -2.29.